The molecule has 2 N–H and O–H groups in total. The van der Waals surface area contributed by atoms with E-state index in [0.717, 1.165) is 0 Å². The highest BCUT2D eigenvalue weighted by atomic mass is 79.9. The van der Waals surface area contributed by atoms with Gasteiger partial charge in [-0.05, 0) is 83.9 Å². The van der Waals surface area contributed by atoms with Crippen LogP contribution in [0.1, 0.15) is 28.5 Å². The number of amides is 2. The second-order valence-electron chi connectivity index (χ2n) is 8.42. The molecule has 39 heavy (non-hydrogen) atoms. The van der Waals surface area contributed by atoms with Crippen molar-refractivity contribution in [3.63, 3.8) is 0 Å². The number of para-hydroxylation sites is 1. The van der Waals surface area contributed by atoms with Gasteiger partial charge in [-0.2, -0.15) is 5.10 Å². The molecule has 0 aliphatic rings. The molecule has 1 heterocycles. The van der Waals surface area contributed by atoms with Crippen molar-refractivity contribution in [2.75, 3.05) is 5.32 Å². The molecule has 3 aromatic carbocycles. The van der Waals surface area contributed by atoms with E-state index in [1.807, 2.05) is 6.07 Å². The number of esters is 1. The van der Waals surface area contributed by atoms with Gasteiger partial charge in [0, 0.05) is 11.5 Å². The molecule has 4 rings (SSSR count). The van der Waals surface area contributed by atoms with Gasteiger partial charge >= 0.3 is 17.8 Å². The van der Waals surface area contributed by atoms with E-state index in [1.54, 1.807) is 98.4 Å². The van der Waals surface area contributed by atoms with Crippen molar-refractivity contribution in [3.8, 4) is 11.4 Å². The molecule has 10 nitrogen and oxygen atoms in total. The van der Waals surface area contributed by atoms with Crippen molar-refractivity contribution in [1.29, 1.82) is 0 Å². The molecule has 0 fully saturated rings. The molecule has 0 atom stereocenters. The minimum Gasteiger partial charge on any atom is -0.423 e. The number of hydrogen-bond donors (Lipinski definition) is 2. The van der Waals surface area contributed by atoms with Crippen molar-refractivity contribution in [2.24, 2.45) is 12.1 Å². The van der Waals surface area contributed by atoms with Crippen LogP contribution in [0.5, 0.6) is 5.75 Å². The summed E-state index contributed by atoms with van der Waals surface area (Å²) in [6.45, 7) is 3.30. The fourth-order valence-corrected chi connectivity index (χ4v) is 4.13. The Labute approximate surface area is 232 Å². The predicted octanol–water partition coefficient (Wildman–Crippen LogP) is 3.95. The third-order valence-corrected chi connectivity index (χ3v) is 6.59. The van der Waals surface area contributed by atoms with Crippen molar-refractivity contribution in [2.45, 2.75) is 13.8 Å². The Bertz CT molecular complexity index is 1640. The lowest BCUT2D eigenvalue weighted by Crippen LogP contribution is -2.34. The highest BCUT2D eigenvalue weighted by molar-refractivity contribution is 9.10. The van der Waals surface area contributed by atoms with E-state index in [2.05, 4.69) is 31.8 Å². The molecular weight excluding hydrogens is 566 g/mol. The zero-order valence-corrected chi connectivity index (χ0v) is 22.9. The maximum atomic E-state index is 12.9. The number of carbonyl (C=O) groups is 3. The van der Waals surface area contributed by atoms with Crippen LogP contribution in [0.4, 0.5) is 5.69 Å². The quantitative estimate of drug-likeness (QED) is 0.116. The maximum Gasteiger partial charge on any atom is 0.344 e. The van der Waals surface area contributed by atoms with E-state index in [1.165, 1.54) is 4.68 Å². The molecule has 198 valence electrons. The molecule has 0 spiro atoms. The first-order valence-electron chi connectivity index (χ1n) is 11.7. The Kier molecular flexibility index (Phi) is 8.21. The van der Waals surface area contributed by atoms with Gasteiger partial charge in [0.05, 0.1) is 22.7 Å². The lowest BCUT2D eigenvalue weighted by molar-refractivity contribution is -0.136. The van der Waals surface area contributed by atoms with Gasteiger partial charge in [0.1, 0.15) is 11.4 Å². The summed E-state index contributed by atoms with van der Waals surface area (Å²) in [6.07, 6.45) is 0. The summed E-state index contributed by atoms with van der Waals surface area (Å²) in [4.78, 5) is 50.2. The van der Waals surface area contributed by atoms with Crippen LogP contribution in [0.25, 0.3) is 5.69 Å². The lowest BCUT2D eigenvalue weighted by Gasteiger charge is -2.07. The third-order valence-electron chi connectivity index (χ3n) is 5.90. The van der Waals surface area contributed by atoms with Crippen molar-refractivity contribution in [1.82, 2.24) is 14.8 Å². The normalized spacial score (nSPS) is 11.1. The van der Waals surface area contributed by atoms with Gasteiger partial charge in [0.2, 0.25) is 0 Å². The summed E-state index contributed by atoms with van der Waals surface area (Å²) < 4.78 is 9.01. The Balaban J connectivity index is 1.39. The smallest absolute Gasteiger partial charge is 0.344 e. The van der Waals surface area contributed by atoms with Crippen LogP contribution < -0.4 is 21.0 Å². The molecule has 4 aromatic rings. The summed E-state index contributed by atoms with van der Waals surface area (Å²) >= 11 is 3.32. The van der Waals surface area contributed by atoms with Gasteiger partial charge in [-0.3, -0.25) is 19.1 Å². The van der Waals surface area contributed by atoms with Gasteiger partial charge in [-0.25, -0.2) is 14.9 Å². The molecule has 0 aliphatic carbocycles. The number of rotatable bonds is 6. The molecule has 0 bridgehead atoms. The fraction of sp³-hybridized carbons (Fsp3) is 0.107. The number of ether oxygens (including phenoxy) is 1. The van der Waals surface area contributed by atoms with Gasteiger partial charge in [-0.1, -0.05) is 30.3 Å². The minimum atomic E-state index is -1.04. The average molecular weight is 590 g/mol. The van der Waals surface area contributed by atoms with Crippen LogP contribution >= 0.6 is 15.9 Å². The summed E-state index contributed by atoms with van der Waals surface area (Å²) in [6, 6.07) is 22.4. The number of nitrogens with one attached hydrogen (secondary N) is 2. The monoisotopic (exact) mass is 589 g/mol. The van der Waals surface area contributed by atoms with Crippen LogP contribution in [0.2, 0.25) is 0 Å². The topological polar surface area (TPSA) is 124 Å². The van der Waals surface area contributed by atoms with Gasteiger partial charge in [0.25, 0.3) is 5.56 Å². The highest BCUT2D eigenvalue weighted by Gasteiger charge is 2.21. The minimum absolute atomic E-state index is 0.00475. The first-order chi connectivity index (χ1) is 18.7. The summed E-state index contributed by atoms with van der Waals surface area (Å²) in [5.41, 5.74) is 4.24. The molecule has 0 aliphatic heterocycles. The number of carbonyl (C=O) groups excluding carboxylic acids is 3. The van der Waals surface area contributed by atoms with Crippen molar-refractivity contribution in [3.05, 3.63) is 111 Å². The van der Waals surface area contributed by atoms with E-state index < -0.39 is 23.3 Å². The first kappa shape index (κ1) is 27.3. The van der Waals surface area contributed by atoms with E-state index >= 15 is 0 Å². The second kappa shape index (κ2) is 11.7. The van der Waals surface area contributed by atoms with Crippen LogP contribution in [-0.2, 0) is 16.6 Å². The Hall–Kier alpha value is -4.77. The number of halogens is 1. The van der Waals surface area contributed by atoms with E-state index in [9.17, 15) is 19.2 Å². The highest BCUT2D eigenvalue weighted by Crippen LogP contribution is 2.20. The Morgan fingerprint density at radius 2 is 1.54 bits per heavy atom. The molecule has 0 saturated carbocycles. The molecule has 0 saturated heterocycles. The number of hydrazone groups is 1. The van der Waals surface area contributed by atoms with Crippen molar-refractivity contribution < 1.29 is 19.1 Å². The standard InChI is InChI=1S/C28H24BrN5O5/c1-17(19-13-15-21(16-14-19)39-28(38)22-11-7-8-12-23(22)29)31-32-26(36)25(35)30-24-18(2)33(3)34(27(24)37)20-9-5-4-6-10-20/h4-16H,1-3H3,(H,30,35)(H,32,36)/b31-17+. The summed E-state index contributed by atoms with van der Waals surface area (Å²) in [5.74, 6) is -2.26. The van der Waals surface area contributed by atoms with Crippen LogP contribution in [0.15, 0.2) is 93.2 Å². The molecule has 0 unspecified atom stereocenters. The second-order valence-corrected chi connectivity index (χ2v) is 9.28. The lowest BCUT2D eigenvalue weighted by atomic mass is 10.1. The molecule has 0 radical (unpaired) electrons. The molecule has 1 aromatic heterocycles. The van der Waals surface area contributed by atoms with Crippen LogP contribution in [-0.4, -0.2) is 32.9 Å². The first-order valence-corrected chi connectivity index (χ1v) is 12.5. The molecule has 11 heteroatoms. The zero-order valence-electron chi connectivity index (χ0n) is 21.3. The summed E-state index contributed by atoms with van der Waals surface area (Å²) in [5, 5.41) is 6.37. The third kappa shape index (κ3) is 6.04. The average Bonchev–Trinajstić information content (AvgIpc) is 3.15. The number of anilines is 1. The summed E-state index contributed by atoms with van der Waals surface area (Å²) in [7, 11) is 1.68. The van der Waals surface area contributed by atoms with Crippen LogP contribution in [0, 0.1) is 6.92 Å². The Morgan fingerprint density at radius 3 is 2.21 bits per heavy atom. The predicted molar refractivity (Wildman–Crippen MR) is 150 cm³/mol. The SMILES string of the molecule is C/C(=N\NC(=O)C(=O)Nc1c(C)n(C)n(-c2ccccc2)c1=O)c1ccc(OC(=O)c2ccccc2Br)cc1. The van der Waals surface area contributed by atoms with E-state index in [4.69, 9.17) is 4.74 Å². The van der Waals surface area contributed by atoms with Crippen LogP contribution in [0.3, 0.4) is 0 Å². The molecule has 2 amide bonds. The van der Waals surface area contributed by atoms with Gasteiger partial charge in [0.15, 0.2) is 0 Å². The zero-order chi connectivity index (χ0) is 28.1. The fourth-order valence-electron chi connectivity index (χ4n) is 3.69. The molecular formula is C28H24BrN5O5. The van der Waals surface area contributed by atoms with Crippen molar-refractivity contribution >= 4 is 45.1 Å². The number of benzene rings is 3. The van der Waals surface area contributed by atoms with E-state index in [-0.39, 0.29) is 5.69 Å². The van der Waals surface area contributed by atoms with Gasteiger partial charge < -0.3 is 10.1 Å². The Morgan fingerprint density at radius 1 is 0.897 bits per heavy atom. The van der Waals surface area contributed by atoms with Gasteiger partial charge in [-0.15, -0.1) is 0 Å². The number of aromatic nitrogens is 2. The van der Waals surface area contributed by atoms with E-state index in [0.29, 0.717) is 38.4 Å². The number of nitrogens with zero attached hydrogens (tertiary/aromatic N) is 3. The number of hydrogen-bond acceptors (Lipinski definition) is 6. The maximum absolute atomic E-state index is 12.9. The largest absolute Gasteiger partial charge is 0.423 e.